The molecule has 6 heteroatoms. The fourth-order valence-electron chi connectivity index (χ4n) is 3.30. The predicted molar refractivity (Wildman–Crippen MR) is 129 cm³/mol. The van der Waals surface area contributed by atoms with Gasteiger partial charge >= 0.3 is 0 Å². The van der Waals surface area contributed by atoms with Crippen molar-refractivity contribution in [1.29, 1.82) is 0 Å². The molecule has 0 saturated carbocycles. The molecule has 3 rings (SSSR count). The van der Waals surface area contributed by atoms with Crippen LogP contribution in [0.25, 0.3) is 0 Å². The van der Waals surface area contributed by atoms with Crippen LogP contribution in [-0.2, 0) is 4.79 Å². The van der Waals surface area contributed by atoms with E-state index in [9.17, 15) is 4.79 Å². The number of hydrogen-bond donors (Lipinski definition) is 2. The van der Waals surface area contributed by atoms with E-state index in [4.69, 9.17) is 0 Å². The number of carbonyl (C=O) groups excluding carboxylic acids is 1. The molecule has 0 radical (unpaired) electrons. The van der Waals surface area contributed by atoms with E-state index < -0.39 is 0 Å². The molecule has 0 aromatic carbocycles. The number of rotatable bonds is 7. The Bertz CT molecular complexity index is 874. The van der Waals surface area contributed by atoms with E-state index in [1.54, 1.807) is 11.8 Å². The number of amides is 1. The van der Waals surface area contributed by atoms with E-state index in [2.05, 4.69) is 51.0 Å². The van der Waals surface area contributed by atoms with Gasteiger partial charge in [-0.25, -0.2) is 0 Å². The molecule has 0 saturated heterocycles. The molecule has 2 atom stereocenters. The lowest BCUT2D eigenvalue weighted by Crippen LogP contribution is -2.43. The van der Waals surface area contributed by atoms with Crippen LogP contribution in [0.4, 0.5) is 0 Å². The number of nitrogens with zero attached hydrogens (tertiary/aromatic N) is 2. The SMILES string of the molecule is CC=CC(=CC)C1=NC(C(=O)NC2C=CC(NCCC3=CC=CC=CC3)=NC2)CS1. The summed E-state index contributed by atoms with van der Waals surface area (Å²) in [5, 5.41) is 7.38. The summed E-state index contributed by atoms with van der Waals surface area (Å²) in [5.74, 6) is 1.53. The van der Waals surface area contributed by atoms with Gasteiger partial charge < -0.3 is 10.6 Å². The fourth-order valence-corrected chi connectivity index (χ4v) is 4.40. The molecule has 3 aliphatic rings. The van der Waals surface area contributed by atoms with E-state index in [1.807, 2.05) is 44.2 Å². The quantitative estimate of drug-likeness (QED) is 0.612. The van der Waals surface area contributed by atoms with Crippen LogP contribution in [0.2, 0.25) is 0 Å². The normalized spacial score (nSPS) is 23.8. The first-order valence-corrected chi connectivity index (χ1v) is 11.5. The van der Waals surface area contributed by atoms with Crippen molar-refractivity contribution < 1.29 is 4.79 Å². The van der Waals surface area contributed by atoms with Gasteiger partial charge in [0.05, 0.1) is 17.6 Å². The Morgan fingerprint density at radius 2 is 2.20 bits per heavy atom. The van der Waals surface area contributed by atoms with Crippen molar-refractivity contribution >= 4 is 28.5 Å². The molecule has 0 aromatic heterocycles. The van der Waals surface area contributed by atoms with Crippen molar-refractivity contribution in [2.24, 2.45) is 9.98 Å². The molecule has 1 amide bonds. The van der Waals surface area contributed by atoms with Crippen LogP contribution in [0.1, 0.15) is 26.7 Å². The summed E-state index contributed by atoms with van der Waals surface area (Å²) in [5.41, 5.74) is 2.48. The fraction of sp³-hybridized carbons (Fsp3) is 0.375. The minimum atomic E-state index is -0.335. The molecule has 2 aliphatic heterocycles. The number of allylic oxidation sites excluding steroid dienone is 8. The highest BCUT2D eigenvalue weighted by molar-refractivity contribution is 8.14. The molecule has 0 aromatic rings. The first-order valence-electron chi connectivity index (χ1n) is 10.5. The summed E-state index contributed by atoms with van der Waals surface area (Å²) in [6.07, 6.45) is 22.6. The van der Waals surface area contributed by atoms with Gasteiger partial charge in [0.25, 0.3) is 0 Å². The molecule has 0 fully saturated rings. The Kier molecular flexibility index (Phi) is 8.51. The Morgan fingerprint density at radius 1 is 1.30 bits per heavy atom. The molecule has 158 valence electrons. The number of nitrogens with one attached hydrogen (secondary N) is 2. The maximum absolute atomic E-state index is 12.6. The standard InChI is InChI=1S/C24H30N4OS/c1-3-9-19(4-2)24-28-21(17-30-24)23(29)27-20-12-13-22(26-16-20)25-15-14-18-10-7-5-6-8-11-18/h3-10,12-13,20-21H,11,14-17H2,1-2H3,(H,25,26)(H,27,29). The molecular formula is C24H30N4OS. The minimum absolute atomic E-state index is 0.0314. The van der Waals surface area contributed by atoms with Crippen molar-refractivity contribution in [2.45, 2.75) is 38.8 Å². The van der Waals surface area contributed by atoms with E-state index >= 15 is 0 Å². The Morgan fingerprint density at radius 3 is 2.97 bits per heavy atom. The monoisotopic (exact) mass is 422 g/mol. The zero-order valence-corrected chi connectivity index (χ0v) is 18.5. The second kappa shape index (κ2) is 11.6. The number of carbonyl (C=O) groups is 1. The van der Waals surface area contributed by atoms with E-state index in [-0.39, 0.29) is 18.0 Å². The average molecular weight is 423 g/mol. The van der Waals surface area contributed by atoms with Gasteiger partial charge in [0, 0.05) is 17.9 Å². The highest BCUT2D eigenvalue weighted by Gasteiger charge is 2.27. The smallest absolute Gasteiger partial charge is 0.246 e. The van der Waals surface area contributed by atoms with Crippen LogP contribution in [0, 0.1) is 0 Å². The van der Waals surface area contributed by atoms with Crippen LogP contribution in [0.15, 0.2) is 81.9 Å². The molecule has 5 nitrogen and oxygen atoms in total. The van der Waals surface area contributed by atoms with Crippen molar-refractivity contribution in [1.82, 2.24) is 10.6 Å². The molecule has 0 bridgehead atoms. The number of dihydropyridines is 1. The third-order valence-electron chi connectivity index (χ3n) is 4.95. The molecule has 2 heterocycles. The van der Waals surface area contributed by atoms with Gasteiger partial charge in [0.1, 0.15) is 11.9 Å². The second-order valence-electron chi connectivity index (χ2n) is 7.22. The molecule has 2 unspecified atom stereocenters. The van der Waals surface area contributed by atoms with E-state index in [0.717, 1.165) is 35.8 Å². The highest BCUT2D eigenvalue weighted by atomic mass is 32.2. The first-order chi connectivity index (χ1) is 14.7. The lowest BCUT2D eigenvalue weighted by atomic mass is 10.1. The zero-order valence-electron chi connectivity index (χ0n) is 17.7. The second-order valence-corrected chi connectivity index (χ2v) is 8.23. The van der Waals surface area contributed by atoms with E-state index in [1.165, 1.54) is 5.57 Å². The minimum Gasteiger partial charge on any atom is -0.370 e. The summed E-state index contributed by atoms with van der Waals surface area (Å²) < 4.78 is 0. The molecule has 30 heavy (non-hydrogen) atoms. The Balaban J connectivity index is 1.42. The summed E-state index contributed by atoms with van der Waals surface area (Å²) in [4.78, 5) is 21.8. The van der Waals surface area contributed by atoms with Gasteiger partial charge in [-0.1, -0.05) is 60.3 Å². The van der Waals surface area contributed by atoms with Crippen LogP contribution in [0.3, 0.4) is 0 Å². The van der Waals surface area contributed by atoms with Gasteiger partial charge in [-0.2, -0.15) is 0 Å². The Hall–Kier alpha value is -2.60. The van der Waals surface area contributed by atoms with Gasteiger partial charge in [0.2, 0.25) is 5.91 Å². The van der Waals surface area contributed by atoms with Crippen molar-refractivity contribution in [3.8, 4) is 0 Å². The van der Waals surface area contributed by atoms with Gasteiger partial charge in [-0.3, -0.25) is 14.8 Å². The summed E-state index contributed by atoms with van der Waals surface area (Å²) in [6.45, 7) is 5.37. The van der Waals surface area contributed by atoms with Crippen LogP contribution in [-0.4, -0.2) is 47.7 Å². The summed E-state index contributed by atoms with van der Waals surface area (Å²) in [6, 6.07) is -0.415. The van der Waals surface area contributed by atoms with Gasteiger partial charge in [-0.15, -0.1) is 11.8 Å². The lowest BCUT2D eigenvalue weighted by molar-refractivity contribution is -0.122. The largest absolute Gasteiger partial charge is 0.370 e. The highest BCUT2D eigenvalue weighted by Crippen LogP contribution is 2.24. The van der Waals surface area contributed by atoms with Crippen LogP contribution >= 0.6 is 11.8 Å². The number of amidine groups is 1. The maximum Gasteiger partial charge on any atom is 0.246 e. The van der Waals surface area contributed by atoms with Crippen molar-refractivity contribution in [3.05, 3.63) is 71.9 Å². The molecular weight excluding hydrogens is 392 g/mol. The van der Waals surface area contributed by atoms with E-state index in [0.29, 0.717) is 12.3 Å². The molecule has 2 N–H and O–H groups in total. The summed E-state index contributed by atoms with van der Waals surface area (Å²) >= 11 is 1.64. The zero-order chi connectivity index (χ0) is 21.2. The number of aliphatic imine (C=N–C) groups is 2. The average Bonchev–Trinajstić information content (AvgIpc) is 3.11. The predicted octanol–water partition coefficient (Wildman–Crippen LogP) is 3.90. The third-order valence-corrected chi connectivity index (χ3v) is 6.05. The summed E-state index contributed by atoms with van der Waals surface area (Å²) in [7, 11) is 0. The Labute approximate surface area is 183 Å². The topological polar surface area (TPSA) is 65.8 Å². The molecule has 1 aliphatic carbocycles. The number of hydrogen-bond acceptors (Lipinski definition) is 5. The molecule has 0 spiro atoms. The van der Waals surface area contributed by atoms with Crippen LogP contribution < -0.4 is 10.6 Å². The van der Waals surface area contributed by atoms with Crippen LogP contribution in [0.5, 0.6) is 0 Å². The third kappa shape index (κ3) is 6.46. The van der Waals surface area contributed by atoms with Crippen molar-refractivity contribution in [3.63, 3.8) is 0 Å². The van der Waals surface area contributed by atoms with Gasteiger partial charge in [0.15, 0.2) is 0 Å². The van der Waals surface area contributed by atoms with Gasteiger partial charge in [-0.05, 0) is 32.8 Å². The lowest BCUT2D eigenvalue weighted by Gasteiger charge is -2.19. The maximum atomic E-state index is 12.6. The number of thioether (sulfide) groups is 1. The first kappa shape index (κ1) is 22.1. The van der Waals surface area contributed by atoms with Crippen molar-refractivity contribution in [2.75, 3.05) is 18.8 Å².